The molecule has 2 nitrogen and oxygen atoms in total. The van der Waals surface area contributed by atoms with Gasteiger partial charge >= 0.3 is 0 Å². The van der Waals surface area contributed by atoms with Crippen molar-refractivity contribution in [3.63, 3.8) is 0 Å². The molecule has 2 aliphatic carbocycles. The van der Waals surface area contributed by atoms with Gasteiger partial charge < -0.3 is 10.8 Å². The Morgan fingerprint density at radius 3 is 2.40 bits per heavy atom. The first-order valence-corrected chi connectivity index (χ1v) is 6.48. The van der Waals surface area contributed by atoms with E-state index in [4.69, 9.17) is 5.73 Å². The molecule has 0 radical (unpaired) electrons. The molecule has 2 fully saturated rings. The van der Waals surface area contributed by atoms with Gasteiger partial charge in [0, 0.05) is 12.0 Å². The van der Waals surface area contributed by atoms with Gasteiger partial charge in [-0.3, -0.25) is 0 Å². The topological polar surface area (TPSA) is 46.2 Å². The van der Waals surface area contributed by atoms with Gasteiger partial charge in [-0.15, -0.1) is 0 Å². The number of hydrogen-bond donors (Lipinski definition) is 2. The van der Waals surface area contributed by atoms with Crippen molar-refractivity contribution in [1.29, 1.82) is 0 Å². The van der Waals surface area contributed by atoms with E-state index in [1.807, 2.05) is 0 Å². The van der Waals surface area contributed by atoms with Crippen molar-refractivity contribution in [2.45, 2.75) is 58.0 Å². The Morgan fingerprint density at radius 2 is 2.00 bits per heavy atom. The third kappa shape index (κ3) is 1.62. The molecule has 0 aromatic carbocycles. The van der Waals surface area contributed by atoms with Crippen LogP contribution in [-0.2, 0) is 0 Å². The molecule has 2 unspecified atom stereocenters. The first kappa shape index (κ1) is 11.4. The Morgan fingerprint density at radius 1 is 1.33 bits per heavy atom. The van der Waals surface area contributed by atoms with E-state index in [-0.39, 0.29) is 5.41 Å². The van der Waals surface area contributed by atoms with E-state index in [1.54, 1.807) is 0 Å². The Kier molecular flexibility index (Phi) is 2.85. The molecular weight excluding hydrogens is 186 g/mol. The fraction of sp³-hybridized carbons (Fsp3) is 1.00. The van der Waals surface area contributed by atoms with E-state index >= 15 is 0 Å². The SMILES string of the molecule is CCC1CCC(CN)(C2(O)CC(C)C2)C1. The van der Waals surface area contributed by atoms with Crippen LogP contribution in [0.5, 0.6) is 0 Å². The summed E-state index contributed by atoms with van der Waals surface area (Å²) in [5.74, 6) is 1.49. The number of hydrogen-bond acceptors (Lipinski definition) is 2. The molecule has 2 aliphatic rings. The van der Waals surface area contributed by atoms with Crippen LogP contribution in [0.25, 0.3) is 0 Å². The standard InChI is InChI=1S/C13H25NO/c1-3-11-4-5-12(8-11,9-14)13(15)6-10(2)7-13/h10-11,15H,3-9,14H2,1-2H3. The molecule has 0 heterocycles. The minimum atomic E-state index is -0.426. The van der Waals surface area contributed by atoms with Crippen molar-refractivity contribution in [2.24, 2.45) is 23.0 Å². The zero-order chi connectivity index (χ0) is 11.1. The summed E-state index contributed by atoms with van der Waals surface area (Å²) in [5.41, 5.74) is 5.60. The smallest absolute Gasteiger partial charge is 0.0721 e. The summed E-state index contributed by atoms with van der Waals surface area (Å²) in [4.78, 5) is 0. The monoisotopic (exact) mass is 211 g/mol. The highest BCUT2D eigenvalue weighted by Gasteiger charge is 2.57. The van der Waals surface area contributed by atoms with Crippen molar-refractivity contribution < 1.29 is 5.11 Å². The first-order valence-electron chi connectivity index (χ1n) is 6.48. The molecule has 2 rings (SSSR count). The van der Waals surface area contributed by atoms with E-state index in [9.17, 15) is 5.11 Å². The predicted molar refractivity (Wildman–Crippen MR) is 62.5 cm³/mol. The van der Waals surface area contributed by atoms with Crippen LogP contribution >= 0.6 is 0 Å². The summed E-state index contributed by atoms with van der Waals surface area (Å²) < 4.78 is 0. The highest BCUT2D eigenvalue weighted by atomic mass is 16.3. The summed E-state index contributed by atoms with van der Waals surface area (Å²) >= 11 is 0. The fourth-order valence-corrected chi connectivity index (χ4v) is 3.91. The molecule has 0 aromatic rings. The summed E-state index contributed by atoms with van der Waals surface area (Å²) in [6, 6.07) is 0. The molecule has 15 heavy (non-hydrogen) atoms. The lowest BCUT2D eigenvalue weighted by Crippen LogP contribution is -2.58. The van der Waals surface area contributed by atoms with Crippen molar-refractivity contribution in [2.75, 3.05) is 6.54 Å². The molecule has 2 heteroatoms. The van der Waals surface area contributed by atoms with Crippen LogP contribution in [0.4, 0.5) is 0 Å². The molecule has 2 atom stereocenters. The van der Waals surface area contributed by atoms with Crippen LogP contribution in [0.2, 0.25) is 0 Å². The van der Waals surface area contributed by atoms with Gasteiger partial charge in [0.25, 0.3) is 0 Å². The Bertz CT molecular complexity index is 235. The van der Waals surface area contributed by atoms with E-state index in [0.717, 1.165) is 31.6 Å². The summed E-state index contributed by atoms with van der Waals surface area (Å²) in [6.45, 7) is 5.16. The largest absolute Gasteiger partial charge is 0.389 e. The second-order valence-corrected chi connectivity index (χ2v) is 6.05. The lowest BCUT2D eigenvalue weighted by atomic mass is 9.56. The van der Waals surface area contributed by atoms with Crippen LogP contribution in [0, 0.1) is 17.3 Å². The minimum Gasteiger partial charge on any atom is -0.389 e. The second-order valence-electron chi connectivity index (χ2n) is 6.05. The zero-order valence-corrected chi connectivity index (χ0v) is 10.1. The van der Waals surface area contributed by atoms with Gasteiger partial charge in [0.15, 0.2) is 0 Å². The highest BCUT2D eigenvalue weighted by Crippen LogP contribution is 2.57. The first-order chi connectivity index (χ1) is 7.05. The summed E-state index contributed by atoms with van der Waals surface area (Å²) in [6.07, 6.45) is 6.76. The van der Waals surface area contributed by atoms with E-state index in [2.05, 4.69) is 13.8 Å². The quantitative estimate of drug-likeness (QED) is 0.752. The van der Waals surface area contributed by atoms with Gasteiger partial charge in [-0.1, -0.05) is 20.3 Å². The van der Waals surface area contributed by atoms with Gasteiger partial charge in [-0.25, -0.2) is 0 Å². The van der Waals surface area contributed by atoms with Gasteiger partial charge in [0.1, 0.15) is 0 Å². The molecule has 0 aromatic heterocycles. The van der Waals surface area contributed by atoms with Crippen molar-refractivity contribution in [1.82, 2.24) is 0 Å². The van der Waals surface area contributed by atoms with E-state index in [1.165, 1.54) is 12.8 Å². The molecule has 88 valence electrons. The zero-order valence-electron chi connectivity index (χ0n) is 10.1. The van der Waals surface area contributed by atoms with Crippen LogP contribution in [-0.4, -0.2) is 17.3 Å². The molecule has 0 saturated heterocycles. The summed E-state index contributed by atoms with van der Waals surface area (Å²) in [7, 11) is 0. The third-order valence-electron chi connectivity index (χ3n) is 5.04. The molecular formula is C13H25NO. The summed E-state index contributed by atoms with van der Waals surface area (Å²) in [5, 5.41) is 10.7. The van der Waals surface area contributed by atoms with Crippen LogP contribution < -0.4 is 5.73 Å². The lowest BCUT2D eigenvalue weighted by molar-refractivity contribution is -0.159. The molecule has 3 N–H and O–H groups in total. The number of rotatable bonds is 3. The second kappa shape index (κ2) is 3.74. The number of nitrogens with two attached hydrogens (primary N) is 1. The normalized spacial score (nSPS) is 50.4. The van der Waals surface area contributed by atoms with E-state index < -0.39 is 5.60 Å². The average molecular weight is 211 g/mol. The Labute approximate surface area is 93.2 Å². The fourth-order valence-electron chi connectivity index (χ4n) is 3.91. The van der Waals surface area contributed by atoms with Crippen molar-refractivity contribution in [3.05, 3.63) is 0 Å². The maximum absolute atomic E-state index is 10.7. The third-order valence-corrected chi connectivity index (χ3v) is 5.04. The van der Waals surface area contributed by atoms with Gasteiger partial charge in [-0.05, 0) is 43.9 Å². The predicted octanol–water partition coefficient (Wildman–Crippen LogP) is 2.30. The molecule has 0 amide bonds. The maximum Gasteiger partial charge on any atom is 0.0721 e. The van der Waals surface area contributed by atoms with Crippen LogP contribution in [0.1, 0.15) is 52.4 Å². The Balaban J connectivity index is 2.10. The van der Waals surface area contributed by atoms with Crippen LogP contribution in [0.3, 0.4) is 0 Å². The maximum atomic E-state index is 10.7. The Hall–Kier alpha value is -0.0800. The minimum absolute atomic E-state index is 0.0557. The van der Waals surface area contributed by atoms with Gasteiger partial charge in [0.2, 0.25) is 0 Å². The van der Waals surface area contributed by atoms with Crippen molar-refractivity contribution >= 4 is 0 Å². The van der Waals surface area contributed by atoms with Crippen molar-refractivity contribution in [3.8, 4) is 0 Å². The van der Waals surface area contributed by atoms with E-state index in [0.29, 0.717) is 12.5 Å². The highest BCUT2D eigenvalue weighted by molar-refractivity contribution is 5.09. The lowest BCUT2D eigenvalue weighted by Gasteiger charge is -2.54. The molecule has 0 bridgehead atoms. The molecule has 2 saturated carbocycles. The number of aliphatic hydroxyl groups is 1. The van der Waals surface area contributed by atoms with Gasteiger partial charge in [-0.2, -0.15) is 0 Å². The van der Waals surface area contributed by atoms with Crippen LogP contribution in [0.15, 0.2) is 0 Å². The molecule has 0 spiro atoms. The molecule has 0 aliphatic heterocycles. The van der Waals surface area contributed by atoms with Gasteiger partial charge in [0.05, 0.1) is 5.60 Å². The average Bonchev–Trinajstić information content (AvgIpc) is 2.60.